The lowest BCUT2D eigenvalue weighted by atomic mass is 9.59. The molecule has 40 heavy (non-hydrogen) atoms. The Morgan fingerprint density at radius 2 is 1.95 bits per heavy atom. The summed E-state index contributed by atoms with van der Waals surface area (Å²) in [6.07, 6.45) is 7.99. The molecule has 7 nitrogen and oxygen atoms in total. The van der Waals surface area contributed by atoms with Crippen LogP contribution in [0.5, 0.6) is 0 Å². The van der Waals surface area contributed by atoms with Gasteiger partial charge in [-0.1, -0.05) is 45.1 Å². The summed E-state index contributed by atoms with van der Waals surface area (Å²) < 4.78 is 18.8. The third-order valence-corrected chi connectivity index (χ3v) is 10.6. The van der Waals surface area contributed by atoms with Crippen LogP contribution in [-0.2, 0) is 19.0 Å². The number of aryl methyl sites for hydroxylation is 1. The first kappa shape index (κ1) is 27.6. The van der Waals surface area contributed by atoms with Crippen LogP contribution in [0.4, 0.5) is 0 Å². The summed E-state index contributed by atoms with van der Waals surface area (Å²) in [5.74, 6) is -1.67. The zero-order valence-electron chi connectivity index (χ0n) is 24.8. The second-order valence-corrected chi connectivity index (χ2v) is 13.7. The Morgan fingerprint density at radius 3 is 2.65 bits per heavy atom. The topological polar surface area (TPSA) is 95.0 Å². The SMILES string of the molecule is CC=Cc1c(C)ccnc1C(=O)OC1C(C)=CC23C(=O)C(C=C4COC(C)(C)OC4C12O)C1C(CC3C)C1(C)C. The van der Waals surface area contributed by atoms with Crippen molar-refractivity contribution in [3.8, 4) is 0 Å². The number of ether oxygens (including phenoxy) is 3. The largest absolute Gasteiger partial charge is 0.450 e. The standard InChI is InChI=1S/C33H41NO6/c1-9-10-21-17(2)11-12-34-25(21)29(36)39-27-18(3)15-32-19(4)13-23-24(30(23,5)6)22(26(32)35)14-20-16-38-31(7,8)40-28(20)33(27,32)37/h9-12,14-15,19,22-24,27-28,37H,13,16H2,1-8H3. The lowest BCUT2D eigenvalue weighted by Crippen LogP contribution is -2.68. The number of aromatic nitrogens is 1. The highest BCUT2D eigenvalue weighted by atomic mass is 16.7. The summed E-state index contributed by atoms with van der Waals surface area (Å²) in [6, 6.07) is 1.84. The van der Waals surface area contributed by atoms with Crippen LogP contribution in [-0.4, -0.2) is 52.0 Å². The van der Waals surface area contributed by atoms with Crippen LogP contribution in [0.25, 0.3) is 6.08 Å². The third kappa shape index (κ3) is 3.50. The smallest absolute Gasteiger partial charge is 0.358 e. The maximum Gasteiger partial charge on any atom is 0.358 e. The van der Waals surface area contributed by atoms with Crippen LogP contribution in [0.1, 0.15) is 76.5 Å². The van der Waals surface area contributed by atoms with Gasteiger partial charge in [0.05, 0.1) is 12.0 Å². The van der Waals surface area contributed by atoms with E-state index in [1.807, 2.05) is 65.0 Å². The van der Waals surface area contributed by atoms with Crippen molar-refractivity contribution in [1.29, 1.82) is 0 Å². The molecule has 8 atom stereocenters. The highest BCUT2D eigenvalue weighted by molar-refractivity contribution is 5.96. The Kier molecular flexibility index (Phi) is 5.99. The van der Waals surface area contributed by atoms with Crippen LogP contribution in [0.15, 0.2) is 41.6 Å². The minimum atomic E-state index is -1.85. The van der Waals surface area contributed by atoms with Crippen molar-refractivity contribution in [3.05, 3.63) is 58.5 Å². The van der Waals surface area contributed by atoms with E-state index in [-0.39, 0.29) is 41.3 Å². The first-order valence-corrected chi connectivity index (χ1v) is 14.5. The molecule has 5 aliphatic rings. The van der Waals surface area contributed by atoms with E-state index in [0.717, 1.165) is 17.6 Å². The minimum Gasteiger partial charge on any atom is -0.450 e. The molecule has 3 fully saturated rings. The van der Waals surface area contributed by atoms with Crippen LogP contribution in [0, 0.1) is 41.4 Å². The Morgan fingerprint density at radius 1 is 1.23 bits per heavy atom. The fourth-order valence-electron chi connectivity index (χ4n) is 8.57. The molecule has 0 aromatic carbocycles. The number of rotatable bonds is 3. The fourth-order valence-corrected chi connectivity index (χ4v) is 8.57. The Bertz CT molecular complexity index is 1390. The zero-order valence-corrected chi connectivity index (χ0v) is 24.8. The second-order valence-electron chi connectivity index (χ2n) is 13.7. The molecule has 1 N–H and O–H groups in total. The first-order chi connectivity index (χ1) is 18.7. The molecule has 0 radical (unpaired) electrons. The lowest BCUT2D eigenvalue weighted by Gasteiger charge is -2.52. The molecule has 0 amide bonds. The van der Waals surface area contributed by atoms with Crippen molar-refractivity contribution in [1.82, 2.24) is 4.98 Å². The number of aliphatic hydroxyl groups is 1. The number of allylic oxidation sites excluding steroid dienone is 2. The number of pyridine rings is 1. The average Bonchev–Trinajstić information content (AvgIpc) is 3.37. The van der Waals surface area contributed by atoms with E-state index < -0.39 is 35.0 Å². The molecule has 7 heteroatoms. The number of hydrogen-bond acceptors (Lipinski definition) is 7. The summed E-state index contributed by atoms with van der Waals surface area (Å²) in [6.45, 7) is 16.0. The van der Waals surface area contributed by atoms with Crippen LogP contribution >= 0.6 is 0 Å². The van der Waals surface area contributed by atoms with Crippen LogP contribution in [0.2, 0.25) is 0 Å². The molecule has 214 valence electrons. The number of hydrogen-bond donors (Lipinski definition) is 1. The number of nitrogens with zero attached hydrogens (tertiary/aromatic N) is 1. The van der Waals surface area contributed by atoms with E-state index in [0.29, 0.717) is 17.1 Å². The van der Waals surface area contributed by atoms with E-state index in [4.69, 9.17) is 14.2 Å². The van der Waals surface area contributed by atoms with Crippen molar-refractivity contribution in [2.24, 2.45) is 34.5 Å². The van der Waals surface area contributed by atoms with Crippen molar-refractivity contribution < 1.29 is 28.9 Å². The van der Waals surface area contributed by atoms with Gasteiger partial charge in [-0.3, -0.25) is 4.79 Å². The number of carbonyl (C=O) groups excluding carboxylic acids is 2. The van der Waals surface area contributed by atoms with Gasteiger partial charge in [-0.15, -0.1) is 0 Å². The molecule has 4 aliphatic carbocycles. The van der Waals surface area contributed by atoms with Gasteiger partial charge in [0.2, 0.25) is 0 Å². The highest BCUT2D eigenvalue weighted by Crippen LogP contribution is 2.72. The third-order valence-electron chi connectivity index (χ3n) is 10.6. The van der Waals surface area contributed by atoms with Crippen molar-refractivity contribution in [2.75, 3.05) is 6.61 Å². The average molecular weight is 548 g/mol. The number of ketones is 1. The molecule has 2 saturated carbocycles. The number of carbonyl (C=O) groups is 2. The van der Waals surface area contributed by atoms with Crippen molar-refractivity contribution in [3.63, 3.8) is 0 Å². The molecule has 1 saturated heterocycles. The summed E-state index contributed by atoms with van der Waals surface area (Å²) in [5, 5.41) is 13.2. The van der Waals surface area contributed by atoms with Crippen molar-refractivity contribution >= 4 is 17.8 Å². The van der Waals surface area contributed by atoms with Crippen LogP contribution < -0.4 is 0 Å². The van der Waals surface area contributed by atoms with Gasteiger partial charge in [-0.2, -0.15) is 0 Å². The van der Waals surface area contributed by atoms with Gasteiger partial charge >= 0.3 is 5.97 Å². The molecule has 1 aromatic rings. The molecule has 2 heterocycles. The molecule has 8 unspecified atom stereocenters. The van der Waals surface area contributed by atoms with Crippen molar-refractivity contribution in [2.45, 2.75) is 85.4 Å². The number of esters is 1. The molecular weight excluding hydrogens is 506 g/mol. The highest BCUT2D eigenvalue weighted by Gasteiger charge is 2.77. The summed E-state index contributed by atoms with van der Waals surface area (Å²) >= 11 is 0. The fraction of sp³-hybridized carbons (Fsp3) is 0.606. The maximum absolute atomic E-state index is 14.8. The predicted molar refractivity (Wildman–Crippen MR) is 150 cm³/mol. The quantitative estimate of drug-likeness (QED) is 0.410. The molecule has 6 rings (SSSR count). The maximum atomic E-state index is 14.8. The van der Waals surface area contributed by atoms with Gasteiger partial charge < -0.3 is 19.3 Å². The zero-order chi connectivity index (χ0) is 29.0. The van der Waals surface area contributed by atoms with Gasteiger partial charge in [0.25, 0.3) is 0 Å². The predicted octanol–water partition coefficient (Wildman–Crippen LogP) is 5.21. The van der Waals surface area contributed by atoms with Gasteiger partial charge in [0.1, 0.15) is 6.10 Å². The molecule has 2 bridgehead atoms. The van der Waals surface area contributed by atoms with Gasteiger partial charge in [0, 0.05) is 17.7 Å². The Labute approximate surface area is 236 Å². The Hall–Kier alpha value is -2.61. The van der Waals surface area contributed by atoms with E-state index in [2.05, 4.69) is 25.8 Å². The summed E-state index contributed by atoms with van der Waals surface area (Å²) in [5.41, 5.74) is 0.0281. The first-order valence-electron chi connectivity index (χ1n) is 14.5. The van der Waals surface area contributed by atoms with Crippen LogP contribution in [0.3, 0.4) is 0 Å². The summed E-state index contributed by atoms with van der Waals surface area (Å²) in [4.78, 5) is 33.0. The van der Waals surface area contributed by atoms with E-state index in [1.54, 1.807) is 6.20 Å². The Balaban J connectivity index is 1.51. The monoisotopic (exact) mass is 547 g/mol. The number of fused-ring (bicyclic) bond motifs is 5. The van der Waals surface area contributed by atoms with Gasteiger partial charge in [-0.25, -0.2) is 9.78 Å². The normalized spacial score (nSPS) is 40.7. The molecule has 1 aromatic heterocycles. The minimum absolute atomic E-state index is 0.00920. The van der Waals surface area contributed by atoms with E-state index in [9.17, 15) is 14.7 Å². The molecule has 1 aliphatic heterocycles. The van der Waals surface area contributed by atoms with Gasteiger partial charge in [0.15, 0.2) is 29.0 Å². The summed E-state index contributed by atoms with van der Waals surface area (Å²) in [7, 11) is 0. The lowest BCUT2D eigenvalue weighted by molar-refractivity contribution is -0.302. The van der Waals surface area contributed by atoms with Gasteiger partial charge in [-0.05, 0) is 87.0 Å². The van der Waals surface area contributed by atoms with E-state index >= 15 is 0 Å². The second kappa shape index (κ2) is 8.70. The molecular formula is C33H41NO6. The molecule has 1 spiro atoms. The van der Waals surface area contributed by atoms with E-state index in [1.165, 1.54) is 0 Å². The number of Topliss-reactive ketones (excluding diaryl/α,β-unsaturated/α-hetero) is 1.